The van der Waals surface area contributed by atoms with Crippen LogP contribution in [-0.4, -0.2) is 31.2 Å². The number of pyridine rings is 1. The maximum Gasteiger partial charge on any atom is 0.277 e. The zero-order valence-corrected chi connectivity index (χ0v) is 14.1. The Bertz CT molecular complexity index is 903. The van der Waals surface area contributed by atoms with Gasteiger partial charge in [-0.2, -0.15) is 0 Å². The van der Waals surface area contributed by atoms with Crippen LogP contribution in [0.25, 0.3) is 11.0 Å². The lowest BCUT2D eigenvalue weighted by Gasteiger charge is -2.34. The van der Waals surface area contributed by atoms with Gasteiger partial charge in [0.05, 0.1) is 11.6 Å². The Balaban J connectivity index is 1.71. The van der Waals surface area contributed by atoms with Gasteiger partial charge in [-0.1, -0.05) is 18.2 Å². The summed E-state index contributed by atoms with van der Waals surface area (Å²) in [6, 6.07) is 11.7. The van der Waals surface area contributed by atoms with Crippen molar-refractivity contribution in [2.45, 2.75) is 18.8 Å². The fourth-order valence-corrected chi connectivity index (χ4v) is 3.60. The molecule has 1 atom stereocenters. The van der Waals surface area contributed by atoms with Crippen LogP contribution < -0.4 is 4.90 Å². The van der Waals surface area contributed by atoms with E-state index in [4.69, 9.17) is 9.15 Å². The van der Waals surface area contributed by atoms with Gasteiger partial charge in [0.15, 0.2) is 0 Å². The van der Waals surface area contributed by atoms with E-state index in [9.17, 15) is 4.79 Å². The van der Waals surface area contributed by atoms with Gasteiger partial charge in [0, 0.05) is 32.1 Å². The molecule has 4 rings (SSSR count). The number of hydrogen-bond donors (Lipinski definition) is 0. The summed E-state index contributed by atoms with van der Waals surface area (Å²) in [5, 5.41) is 0.756. The number of carbonyl (C=O) groups excluding carboxylic acids is 1. The summed E-state index contributed by atoms with van der Waals surface area (Å²) >= 11 is 0. The summed E-state index contributed by atoms with van der Waals surface area (Å²) in [4.78, 5) is 19.4. The normalized spacial score (nSPS) is 16.8. The molecule has 0 spiro atoms. The first-order valence-electron chi connectivity index (χ1n) is 8.51. The zero-order valence-electron chi connectivity index (χ0n) is 14.1. The van der Waals surface area contributed by atoms with Crippen LogP contribution in [0.1, 0.15) is 34.8 Å². The highest BCUT2D eigenvalue weighted by molar-refractivity contribution is 6.12. The smallest absolute Gasteiger partial charge is 0.277 e. The first-order valence-corrected chi connectivity index (χ1v) is 8.51. The molecule has 25 heavy (non-hydrogen) atoms. The number of fused-ring (bicyclic) bond motifs is 2. The number of benzene rings is 1. The van der Waals surface area contributed by atoms with Crippen molar-refractivity contribution in [3.05, 3.63) is 60.1 Å². The average Bonchev–Trinajstić information content (AvgIpc) is 3.14. The van der Waals surface area contributed by atoms with E-state index >= 15 is 0 Å². The lowest BCUT2D eigenvalue weighted by atomic mass is 9.87. The number of rotatable bonds is 4. The molecule has 0 fully saturated rings. The van der Waals surface area contributed by atoms with Crippen molar-refractivity contribution in [2.24, 2.45) is 0 Å². The van der Waals surface area contributed by atoms with Crippen molar-refractivity contribution < 1.29 is 13.9 Å². The second-order valence-corrected chi connectivity index (χ2v) is 6.27. The van der Waals surface area contributed by atoms with E-state index in [1.54, 1.807) is 31.7 Å². The second kappa shape index (κ2) is 6.69. The van der Waals surface area contributed by atoms with Gasteiger partial charge in [-0.05, 0) is 42.5 Å². The third-order valence-electron chi connectivity index (χ3n) is 4.87. The van der Waals surface area contributed by atoms with Crippen LogP contribution in [0.15, 0.2) is 53.3 Å². The van der Waals surface area contributed by atoms with Gasteiger partial charge in [0.2, 0.25) is 0 Å². The molecule has 1 amide bonds. The van der Waals surface area contributed by atoms with Crippen molar-refractivity contribution in [2.75, 3.05) is 25.2 Å². The predicted molar refractivity (Wildman–Crippen MR) is 96.0 cm³/mol. The number of furan rings is 1. The monoisotopic (exact) mass is 336 g/mol. The third kappa shape index (κ3) is 2.81. The highest BCUT2D eigenvalue weighted by atomic mass is 16.5. The molecule has 0 saturated carbocycles. The molecule has 0 aliphatic carbocycles. The standard InChI is InChI=1S/C20H20N2O3/c1-24-12-8-14-7-11-22(17-5-3-2-4-15(14)17)20(23)19-16-9-13-25-18(16)6-10-21-19/h2-6,9-10,13-14H,7-8,11-12H2,1H3. The van der Waals surface area contributed by atoms with Crippen molar-refractivity contribution in [3.63, 3.8) is 0 Å². The van der Waals surface area contributed by atoms with Gasteiger partial charge in [-0.3, -0.25) is 9.78 Å². The van der Waals surface area contributed by atoms with Crippen molar-refractivity contribution in [1.29, 1.82) is 0 Å². The number of amides is 1. The van der Waals surface area contributed by atoms with Crippen molar-refractivity contribution in [1.82, 2.24) is 4.98 Å². The van der Waals surface area contributed by atoms with E-state index in [0.29, 0.717) is 23.7 Å². The topological polar surface area (TPSA) is 55.6 Å². The third-order valence-corrected chi connectivity index (χ3v) is 4.87. The average molecular weight is 336 g/mol. The van der Waals surface area contributed by atoms with Gasteiger partial charge in [0.25, 0.3) is 5.91 Å². The van der Waals surface area contributed by atoms with Gasteiger partial charge in [-0.15, -0.1) is 0 Å². The van der Waals surface area contributed by atoms with Crippen LogP contribution in [0.4, 0.5) is 5.69 Å². The minimum atomic E-state index is -0.0790. The molecule has 1 aliphatic rings. The number of hydrogen-bond acceptors (Lipinski definition) is 4. The molecule has 1 aromatic carbocycles. The molecule has 0 N–H and O–H groups in total. The van der Waals surface area contributed by atoms with E-state index in [1.165, 1.54) is 5.56 Å². The Morgan fingerprint density at radius 1 is 1.32 bits per heavy atom. The van der Waals surface area contributed by atoms with Crippen LogP contribution >= 0.6 is 0 Å². The first-order chi connectivity index (χ1) is 12.3. The molecular formula is C20H20N2O3. The van der Waals surface area contributed by atoms with Crippen molar-refractivity contribution >= 4 is 22.6 Å². The Hall–Kier alpha value is -2.66. The minimum absolute atomic E-state index is 0.0790. The first kappa shape index (κ1) is 15.8. The minimum Gasteiger partial charge on any atom is -0.464 e. The molecule has 0 bridgehead atoms. The number of aromatic nitrogens is 1. The Morgan fingerprint density at radius 3 is 3.08 bits per heavy atom. The summed E-state index contributed by atoms with van der Waals surface area (Å²) in [5.74, 6) is 0.336. The second-order valence-electron chi connectivity index (χ2n) is 6.27. The maximum atomic E-state index is 13.2. The molecule has 128 valence electrons. The Labute approximate surface area is 146 Å². The zero-order chi connectivity index (χ0) is 17.2. The van der Waals surface area contributed by atoms with E-state index in [0.717, 1.165) is 30.5 Å². The largest absolute Gasteiger partial charge is 0.464 e. The highest BCUT2D eigenvalue weighted by Crippen LogP contribution is 2.38. The van der Waals surface area contributed by atoms with Crippen LogP contribution in [0, 0.1) is 0 Å². The predicted octanol–water partition coefficient (Wildman–Crippen LogP) is 4.00. The number of ether oxygens (including phenoxy) is 1. The van der Waals surface area contributed by atoms with E-state index in [-0.39, 0.29) is 5.91 Å². The quantitative estimate of drug-likeness (QED) is 0.723. The number of nitrogens with zero attached hydrogens (tertiary/aromatic N) is 2. The molecule has 1 unspecified atom stereocenters. The molecular weight excluding hydrogens is 316 g/mol. The summed E-state index contributed by atoms with van der Waals surface area (Å²) in [6.45, 7) is 1.41. The summed E-state index contributed by atoms with van der Waals surface area (Å²) < 4.78 is 10.6. The molecule has 0 radical (unpaired) electrons. The summed E-state index contributed by atoms with van der Waals surface area (Å²) in [7, 11) is 1.72. The Kier molecular flexibility index (Phi) is 4.24. The summed E-state index contributed by atoms with van der Waals surface area (Å²) in [5.41, 5.74) is 3.30. The lowest BCUT2D eigenvalue weighted by molar-refractivity contribution is 0.0980. The van der Waals surface area contributed by atoms with E-state index in [2.05, 4.69) is 11.1 Å². The maximum absolute atomic E-state index is 13.2. The number of anilines is 1. The fraction of sp³-hybridized carbons (Fsp3) is 0.300. The van der Waals surface area contributed by atoms with Gasteiger partial charge < -0.3 is 14.1 Å². The van der Waals surface area contributed by atoms with Gasteiger partial charge >= 0.3 is 0 Å². The van der Waals surface area contributed by atoms with Crippen LogP contribution in [0.3, 0.4) is 0 Å². The molecule has 5 heteroatoms. The van der Waals surface area contributed by atoms with Crippen molar-refractivity contribution in [3.8, 4) is 0 Å². The molecule has 5 nitrogen and oxygen atoms in total. The van der Waals surface area contributed by atoms with Gasteiger partial charge in [-0.25, -0.2) is 0 Å². The SMILES string of the molecule is COCCC1CCN(C(=O)c2nccc3occc23)c2ccccc21. The van der Waals surface area contributed by atoms with E-state index in [1.807, 2.05) is 23.1 Å². The highest BCUT2D eigenvalue weighted by Gasteiger charge is 2.30. The fourth-order valence-electron chi connectivity index (χ4n) is 3.60. The van der Waals surface area contributed by atoms with Gasteiger partial charge in [0.1, 0.15) is 11.3 Å². The van der Waals surface area contributed by atoms with Crippen LogP contribution in [0.5, 0.6) is 0 Å². The van der Waals surface area contributed by atoms with E-state index < -0.39 is 0 Å². The summed E-state index contributed by atoms with van der Waals surface area (Å²) in [6.07, 6.45) is 5.10. The molecule has 1 aliphatic heterocycles. The lowest BCUT2D eigenvalue weighted by Crippen LogP contribution is -2.37. The number of methoxy groups -OCH3 is 1. The van der Waals surface area contributed by atoms with Crippen LogP contribution in [-0.2, 0) is 4.74 Å². The molecule has 3 aromatic rings. The molecule has 3 heterocycles. The number of para-hydroxylation sites is 1. The Morgan fingerprint density at radius 2 is 2.20 bits per heavy atom. The van der Waals surface area contributed by atoms with Crippen LogP contribution in [0.2, 0.25) is 0 Å². The molecule has 2 aromatic heterocycles. The number of carbonyl (C=O) groups is 1. The molecule has 0 saturated heterocycles.